The van der Waals surface area contributed by atoms with Crippen LogP contribution in [-0.2, 0) is 16.4 Å². The van der Waals surface area contributed by atoms with E-state index in [9.17, 15) is 13.2 Å². The minimum absolute atomic E-state index is 0.00649. The fourth-order valence-electron chi connectivity index (χ4n) is 5.11. The number of hydrogen-bond acceptors (Lipinski definition) is 8. The summed E-state index contributed by atoms with van der Waals surface area (Å²) in [7, 11) is -3.47. The normalized spacial score (nSPS) is 17.8. The van der Waals surface area contributed by atoms with E-state index in [1.54, 1.807) is 6.20 Å². The van der Waals surface area contributed by atoms with Gasteiger partial charge in [-0.1, -0.05) is 19.9 Å². The second-order valence-corrected chi connectivity index (χ2v) is 12.6. The molecule has 39 heavy (non-hydrogen) atoms. The minimum atomic E-state index is -3.47. The van der Waals surface area contributed by atoms with Crippen LogP contribution in [-0.4, -0.2) is 53.6 Å². The van der Waals surface area contributed by atoms with Gasteiger partial charge in [0.2, 0.25) is 0 Å². The van der Waals surface area contributed by atoms with E-state index in [-0.39, 0.29) is 17.0 Å². The van der Waals surface area contributed by atoms with Crippen molar-refractivity contribution < 1.29 is 13.2 Å². The van der Waals surface area contributed by atoms with Gasteiger partial charge < -0.3 is 10.2 Å². The van der Waals surface area contributed by atoms with E-state index in [2.05, 4.69) is 46.2 Å². The van der Waals surface area contributed by atoms with Crippen LogP contribution in [0.15, 0.2) is 59.9 Å². The predicted molar refractivity (Wildman–Crippen MR) is 151 cm³/mol. The van der Waals surface area contributed by atoms with Crippen LogP contribution < -0.4 is 10.2 Å². The van der Waals surface area contributed by atoms with Gasteiger partial charge in [0.05, 0.1) is 39.6 Å². The number of nitrogens with one attached hydrogen (secondary N) is 1. The van der Waals surface area contributed by atoms with Crippen molar-refractivity contribution in [2.45, 2.75) is 38.6 Å². The number of anilines is 1. The first-order valence-corrected chi connectivity index (χ1v) is 14.9. The number of sulfone groups is 1. The Bertz CT molecular complexity index is 1650. The van der Waals surface area contributed by atoms with Crippen LogP contribution in [0, 0.1) is 18.8 Å². The second kappa shape index (κ2) is 10.7. The molecule has 0 aliphatic carbocycles. The van der Waals surface area contributed by atoms with Gasteiger partial charge in [-0.3, -0.25) is 14.8 Å². The Morgan fingerprint density at radius 1 is 1.03 bits per heavy atom. The van der Waals surface area contributed by atoms with Crippen LogP contribution in [0.25, 0.3) is 22.3 Å². The van der Waals surface area contributed by atoms with Gasteiger partial charge in [0.25, 0.3) is 5.91 Å². The number of fused-ring (bicyclic) bond motifs is 1. The molecule has 0 bridgehead atoms. The summed E-state index contributed by atoms with van der Waals surface area (Å²) in [5.41, 5.74) is 4.23. The molecular formula is C29H32N6O3S. The maximum Gasteiger partial charge on any atom is 0.253 e. The molecule has 0 saturated carbocycles. The lowest BCUT2D eigenvalue weighted by molar-refractivity contribution is 0.0950. The molecule has 0 unspecified atom stereocenters. The fourth-order valence-corrected chi connectivity index (χ4v) is 5.70. The third-order valence-corrected chi connectivity index (χ3v) is 8.06. The summed E-state index contributed by atoms with van der Waals surface area (Å²) in [5, 5.41) is 3.66. The van der Waals surface area contributed by atoms with E-state index in [1.165, 1.54) is 24.9 Å². The average Bonchev–Trinajstić information content (AvgIpc) is 2.90. The van der Waals surface area contributed by atoms with Crippen molar-refractivity contribution in [2.24, 2.45) is 11.8 Å². The van der Waals surface area contributed by atoms with Crippen molar-refractivity contribution in [1.29, 1.82) is 0 Å². The molecule has 1 amide bonds. The molecule has 5 heterocycles. The zero-order valence-corrected chi connectivity index (χ0v) is 23.4. The van der Waals surface area contributed by atoms with E-state index in [0.29, 0.717) is 17.5 Å². The molecule has 1 saturated heterocycles. The summed E-state index contributed by atoms with van der Waals surface area (Å²) in [6.07, 6.45) is 6.60. The number of nitrogens with zero attached hydrogens (tertiary/aromatic N) is 5. The van der Waals surface area contributed by atoms with Crippen molar-refractivity contribution >= 4 is 32.5 Å². The van der Waals surface area contributed by atoms with E-state index in [4.69, 9.17) is 9.97 Å². The summed E-state index contributed by atoms with van der Waals surface area (Å²) in [6, 6.07) is 11.3. The number of carbonyl (C=O) groups is 1. The molecule has 1 aliphatic heterocycles. The lowest BCUT2D eigenvalue weighted by Gasteiger charge is -2.36. The maximum absolute atomic E-state index is 12.6. The zero-order chi connectivity index (χ0) is 27.7. The zero-order valence-electron chi connectivity index (χ0n) is 22.5. The Labute approximate surface area is 228 Å². The highest BCUT2D eigenvalue weighted by Crippen LogP contribution is 2.29. The Balaban J connectivity index is 1.37. The molecule has 0 aromatic carbocycles. The number of aromatic nitrogens is 4. The molecule has 202 valence electrons. The first kappa shape index (κ1) is 26.7. The van der Waals surface area contributed by atoms with Crippen LogP contribution in [0.4, 0.5) is 5.82 Å². The van der Waals surface area contributed by atoms with Crippen LogP contribution >= 0.6 is 0 Å². The number of pyridine rings is 4. The highest BCUT2D eigenvalue weighted by molar-refractivity contribution is 7.90. The third-order valence-electron chi connectivity index (χ3n) is 6.98. The quantitative estimate of drug-likeness (QED) is 0.384. The predicted octanol–water partition coefficient (Wildman–Crippen LogP) is 4.21. The Kier molecular flexibility index (Phi) is 7.31. The molecule has 1 fully saturated rings. The van der Waals surface area contributed by atoms with Gasteiger partial charge >= 0.3 is 0 Å². The molecule has 1 aliphatic rings. The molecule has 4 aromatic heterocycles. The van der Waals surface area contributed by atoms with E-state index in [1.807, 2.05) is 25.1 Å². The molecule has 0 radical (unpaired) electrons. The summed E-state index contributed by atoms with van der Waals surface area (Å²) in [6.45, 7) is 8.78. The smallest absolute Gasteiger partial charge is 0.253 e. The lowest BCUT2D eigenvalue weighted by Crippen LogP contribution is -2.39. The van der Waals surface area contributed by atoms with E-state index < -0.39 is 15.7 Å². The number of rotatable bonds is 6. The minimum Gasteiger partial charge on any atom is -0.356 e. The molecule has 4 aromatic rings. The topological polar surface area (TPSA) is 118 Å². The fraction of sp³-hybridized carbons (Fsp3) is 0.345. The van der Waals surface area contributed by atoms with Gasteiger partial charge in [0.15, 0.2) is 9.84 Å². The highest BCUT2D eigenvalue weighted by Gasteiger charge is 2.23. The summed E-state index contributed by atoms with van der Waals surface area (Å²) in [4.78, 5) is 33.3. The summed E-state index contributed by atoms with van der Waals surface area (Å²) in [5.74, 6) is 1.80. The Morgan fingerprint density at radius 3 is 2.54 bits per heavy atom. The molecule has 5 rings (SSSR count). The molecule has 10 heteroatoms. The van der Waals surface area contributed by atoms with Crippen molar-refractivity contribution in [3.8, 4) is 11.4 Å². The van der Waals surface area contributed by atoms with Gasteiger partial charge in [0.1, 0.15) is 5.82 Å². The van der Waals surface area contributed by atoms with Crippen molar-refractivity contribution in [2.75, 3.05) is 24.2 Å². The van der Waals surface area contributed by atoms with E-state index >= 15 is 0 Å². The number of hydrogen-bond donors (Lipinski definition) is 1. The third kappa shape index (κ3) is 6.06. The van der Waals surface area contributed by atoms with Crippen molar-refractivity contribution in [1.82, 2.24) is 25.3 Å². The van der Waals surface area contributed by atoms with Gasteiger partial charge in [-0.2, -0.15) is 0 Å². The SMILES string of the molecule is Cc1ccc(N2C[C@H](C)C[C@H](C)C2)nc1-c1ccc2cnc(CNC(=O)c3cncc(S(C)(=O)=O)c3)cc2n1. The molecular weight excluding hydrogens is 512 g/mol. The standard InChI is InChI=1S/C29H32N6O3S/c1-18-9-19(2)17-35(16-18)27-8-5-20(3)28(34-27)25-7-6-21-13-31-23(11-26(21)33-25)14-32-29(36)22-10-24(15-30-12-22)39(4,37)38/h5-8,10-13,15,18-19H,9,14,16-17H2,1-4H3,(H,32,36)/t18-,19+. The first-order valence-electron chi connectivity index (χ1n) is 13.0. The highest BCUT2D eigenvalue weighted by atomic mass is 32.2. The van der Waals surface area contributed by atoms with Crippen LogP contribution in [0.1, 0.15) is 41.9 Å². The summed E-state index contributed by atoms with van der Waals surface area (Å²) < 4.78 is 23.6. The first-order chi connectivity index (χ1) is 18.6. The van der Waals surface area contributed by atoms with Crippen LogP contribution in [0.2, 0.25) is 0 Å². The van der Waals surface area contributed by atoms with Crippen molar-refractivity contribution in [3.05, 3.63) is 71.8 Å². The molecule has 9 nitrogen and oxygen atoms in total. The second-order valence-electron chi connectivity index (χ2n) is 10.6. The van der Waals surface area contributed by atoms with Crippen LogP contribution in [0.5, 0.6) is 0 Å². The Morgan fingerprint density at radius 2 is 1.79 bits per heavy atom. The number of carbonyl (C=O) groups excluding carboxylic acids is 1. The van der Waals surface area contributed by atoms with Gasteiger partial charge in [0, 0.05) is 43.3 Å². The van der Waals surface area contributed by atoms with Gasteiger partial charge in [-0.15, -0.1) is 0 Å². The number of piperidine rings is 1. The lowest BCUT2D eigenvalue weighted by atomic mass is 9.92. The van der Waals surface area contributed by atoms with E-state index in [0.717, 1.165) is 53.0 Å². The maximum atomic E-state index is 12.6. The summed E-state index contributed by atoms with van der Waals surface area (Å²) >= 11 is 0. The monoisotopic (exact) mass is 544 g/mol. The van der Waals surface area contributed by atoms with Crippen LogP contribution in [0.3, 0.4) is 0 Å². The molecule has 2 atom stereocenters. The van der Waals surface area contributed by atoms with Crippen molar-refractivity contribution in [3.63, 3.8) is 0 Å². The number of amides is 1. The van der Waals surface area contributed by atoms with Gasteiger partial charge in [-0.25, -0.2) is 18.4 Å². The molecule has 0 spiro atoms. The Hall–Kier alpha value is -3.92. The van der Waals surface area contributed by atoms with Gasteiger partial charge in [-0.05, 0) is 61.1 Å². The molecule has 1 N–H and O–H groups in total. The number of aryl methyl sites for hydroxylation is 1. The average molecular weight is 545 g/mol. The largest absolute Gasteiger partial charge is 0.356 e.